The highest BCUT2D eigenvalue weighted by molar-refractivity contribution is 4.98. The summed E-state index contributed by atoms with van der Waals surface area (Å²) in [6.07, 6.45) is 19.0. The van der Waals surface area contributed by atoms with Gasteiger partial charge in [-0.3, -0.25) is 0 Å². The van der Waals surface area contributed by atoms with Gasteiger partial charge in [-0.15, -0.1) is 11.8 Å². The molecule has 4 nitrogen and oxygen atoms in total. The predicted molar refractivity (Wildman–Crippen MR) is 113 cm³/mol. The van der Waals surface area contributed by atoms with Gasteiger partial charge in [0.25, 0.3) is 0 Å². The molecular weight excluding hydrogens is 352 g/mol. The first-order valence-electron chi connectivity index (χ1n) is 11.9. The molecule has 0 radical (unpaired) electrons. The van der Waals surface area contributed by atoms with E-state index in [2.05, 4.69) is 11.8 Å². The molecule has 0 aromatic heterocycles. The lowest BCUT2D eigenvalue weighted by Gasteiger charge is -2.22. The van der Waals surface area contributed by atoms with Crippen LogP contribution in [0.1, 0.15) is 103 Å². The van der Waals surface area contributed by atoms with Gasteiger partial charge < -0.3 is 18.9 Å². The molecule has 2 unspecified atom stereocenters. The van der Waals surface area contributed by atoms with E-state index in [1.54, 1.807) is 0 Å². The molecule has 2 aliphatic rings. The van der Waals surface area contributed by atoms with Crippen molar-refractivity contribution < 1.29 is 18.9 Å². The van der Waals surface area contributed by atoms with Crippen LogP contribution in [-0.4, -0.2) is 39.0 Å². The van der Waals surface area contributed by atoms with E-state index >= 15 is 0 Å². The second kappa shape index (κ2) is 17.3. The molecule has 162 valence electrons. The minimum atomic E-state index is 0.0540. The quantitative estimate of drug-likeness (QED) is 0.268. The molecule has 0 bridgehead atoms. The summed E-state index contributed by atoms with van der Waals surface area (Å²) in [7, 11) is 0. The Balaban J connectivity index is 1.25. The Kier molecular flexibility index (Phi) is 14.6. The van der Waals surface area contributed by atoms with Crippen LogP contribution in [0.5, 0.6) is 0 Å². The first-order chi connectivity index (χ1) is 13.9. The topological polar surface area (TPSA) is 36.9 Å². The van der Waals surface area contributed by atoms with Crippen LogP contribution in [-0.2, 0) is 18.9 Å². The maximum atomic E-state index is 5.77. The van der Waals surface area contributed by atoms with Crippen LogP contribution in [0.15, 0.2) is 0 Å². The molecular formula is C24H42O4. The van der Waals surface area contributed by atoms with Crippen molar-refractivity contribution in [2.75, 3.05) is 26.4 Å². The van der Waals surface area contributed by atoms with Crippen LogP contribution in [0.25, 0.3) is 0 Å². The molecule has 0 amide bonds. The second-order valence-corrected chi connectivity index (χ2v) is 8.02. The third-order valence-corrected chi connectivity index (χ3v) is 5.40. The van der Waals surface area contributed by atoms with E-state index in [0.29, 0.717) is 0 Å². The summed E-state index contributed by atoms with van der Waals surface area (Å²) in [4.78, 5) is 0. The monoisotopic (exact) mass is 394 g/mol. The Labute approximate surface area is 173 Å². The number of hydrogen-bond acceptors (Lipinski definition) is 4. The molecule has 4 heteroatoms. The third kappa shape index (κ3) is 12.8. The Morgan fingerprint density at radius 3 is 1.57 bits per heavy atom. The van der Waals surface area contributed by atoms with Gasteiger partial charge in [-0.25, -0.2) is 0 Å². The summed E-state index contributed by atoms with van der Waals surface area (Å²) in [6, 6.07) is 0. The van der Waals surface area contributed by atoms with Gasteiger partial charge >= 0.3 is 0 Å². The molecule has 0 aliphatic carbocycles. The molecule has 2 aliphatic heterocycles. The molecule has 0 saturated carbocycles. The molecule has 0 N–H and O–H groups in total. The summed E-state index contributed by atoms with van der Waals surface area (Å²) in [6.45, 7) is 3.40. The van der Waals surface area contributed by atoms with E-state index in [1.807, 2.05) is 0 Å². The van der Waals surface area contributed by atoms with E-state index in [0.717, 1.165) is 71.4 Å². The summed E-state index contributed by atoms with van der Waals surface area (Å²) < 4.78 is 22.6. The summed E-state index contributed by atoms with van der Waals surface area (Å²) in [5.41, 5.74) is 0. The highest BCUT2D eigenvalue weighted by atomic mass is 16.7. The van der Waals surface area contributed by atoms with Crippen LogP contribution < -0.4 is 0 Å². The van der Waals surface area contributed by atoms with Crippen molar-refractivity contribution in [2.24, 2.45) is 0 Å². The summed E-state index contributed by atoms with van der Waals surface area (Å²) >= 11 is 0. The van der Waals surface area contributed by atoms with Gasteiger partial charge in [0.2, 0.25) is 0 Å². The zero-order valence-electron chi connectivity index (χ0n) is 17.9. The number of unbranched alkanes of at least 4 members (excludes halogenated alkanes) is 8. The van der Waals surface area contributed by atoms with Crippen LogP contribution >= 0.6 is 0 Å². The van der Waals surface area contributed by atoms with Gasteiger partial charge in [0, 0.05) is 39.3 Å². The lowest BCUT2D eigenvalue weighted by Crippen LogP contribution is -2.22. The summed E-state index contributed by atoms with van der Waals surface area (Å²) in [5, 5.41) is 0. The van der Waals surface area contributed by atoms with Crippen molar-refractivity contribution in [3.63, 3.8) is 0 Å². The van der Waals surface area contributed by atoms with Gasteiger partial charge in [0.05, 0.1) is 0 Å². The van der Waals surface area contributed by atoms with Crippen molar-refractivity contribution in [3.8, 4) is 11.8 Å². The smallest absolute Gasteiger partial charge is 0.157 e. The fraction of sp³-hybridized carbons (Fsp3) is 0.917. The van der Waals surface area contributed by atoms with Gasteiger partial charge in [-0.1, -0.05) is 25.7 Å². The molecule has 28 heavy (non-hydrogen) atoms. The Bertz CT molecular complexity index is 403. The van der Waals surface area contributed by atoms with Crippen molar-refractivity contribution in [3.05, 3.63) is 0 Å². The Hall–Kier alpha value is -0.600. The maximum absolute atomic E-state index is 5.77. The van der Waals surface area contributed by atoms with Crippen molar-refractivity contribution in [1.29, 1.82) is 0 Å². The van der Waals surface area contributed by atoms with E-state index in [-0.39, 0.29) is 12.6 Å². The van der Waals surface area contributed by atoms with Crippen molar-refractivity contribution in [2.45, 2.75) is 115 Å². The fourth-order valence-corrected chi connectivity index (χ4v) is 3.63. The second-order valence-electron chi connectivity index (χ2n) is 8.02. The van der Waals surface area contributed by atoms with E-state index in [1.165, 1.54) is 57.8 Å². The third-order valence-electron chi connectivity index (χ3n) is 5.40. The van der Waals surface area contributed by atoms with Crippen LogP contribution in [0.4, 0.5) is 0 Å². The van der Waals surface area contributed by atoms with Gasteiger partial charge in [-0.05, 0) is 64.2 Å². The molecule has 0 aromatic rings. The number of rotatable bonds is 14. The Morgan fingerprint density at radius 1 is 0.571 bits per heavy atom. The highest BCUT2D eigenvalue weighted by Crippen LogP contribution is 2.15. The SMILES string of the molecule is C(#CCCCCOC1CCCCO1)CCCCCCCCOC1CCCCO1. The molecule has 2 rings (SSSR count). The summed E-state index contributed by atoms with van der Waals surface area (Å²) in [5.74, 6) is 6.63. The predicted octanol–water partition coefficient (Wildman–Crippen LogP) is 5.98. The minimum absolute atomic E-state index is 0.0540. The zero-order valence-corrected chi connectivity index (χ0v) is 17.9. The van der Waals surface area contributed by atoms with Gasteiger partial charge in [-0.2, -0.15) is 0 Å². The zero-order chi connectivity index (χ0) is 19.5. The lowest BCUT2D eigenvalue weighted by molar-refractivity contribution is -0.163. The van der Waals surface area contributed by atoms with Gasteiger partial charge in [0.1, 0.15) is 0 Å². The first-order valence-corrected chi connectivity index (χ1v) is 11.9. The normalized spacial score (nSPS) is 22.6. The van der Waals surface area contributed by atoms with Crippen LogP contribution in [0.2, 0.25) is 0 Å². The lowest BCUT2D eigenvalue weighted by atomic mass is 10.1. The molecule has 0 aromatic carbocycles. The first kappa shape index (κ1) is 23.7. The maximum Gasteiger partial charge on any atom is 0.157 e. The van der Waals surface area contributed by atoms with E-state index in [4.69, 9.17) is 18.9 Å². The van der Waals surface area contributed by atoms with Crippen LogP contribution in [0, 0.1) is 11.8 Å². The Morgan fingerprint density at radius 2 is 1.04 bits per heavy atom. The van der Waals surface area contributed by atoms with Crippen molar-refractivity contribution in [1.82, 2.24) is 0 Å². The van der Waals surface area contributed by atoms with E-state index in [9.17, 15) is 0 Å². The van der Waals surface area contributed by atoms with Gasteiger partial charge in [0.15, 0.2) is 12.6 Å². The van der Waals surface area contributed by atoms with Crippen LogP contribution in [0.3, 0.4) is 0 Å². The van der Waals surface area contributed by atoms with Crippen molar-refractivity contribution >= 4 is 0 Å². The molecule has 2 heterocycles. The largest absolute Gasteiger partial charge is 0.353 e. The minimum Gasteiger partial charge on any atom is -0.353 e. The molecule has 2 fully saturated rings. The standard InChI is InChI=1S/C24H42O4/c1(3-5-7-9-13-19-25-23-17-11-15-21-27-23)2-4-6-8-10-14-20-26-24-18-12-16-22-28-24/h23-24H,1-3,5,7-22H2. The number of ether oxygens (including phenoxy) is 4. The molecule has 2 atom stereocenters. The highest BCUT2D eigenvalue weighted by Gasteiger charge is 2.13. The fourth-order valence-electron chi connectivity index (χ4n) is 3.63. The average Bonchev–Trinajstić information content (AvgIpc) is 2.75. The molecule has 0 spiro atoms. The number of hydrogen-bond donors (Lipinski definition) is 0. The molecule has 2 saturated heterocycles. The average molecular weight is 395 g/mol. The van der Waals surface area contributed by atoms with E-state index < -0.39 is 0 Å².